The number of benzene rings is 1. The van der Waals surface area contributed by atoms with Crippen LogP contribution < -0.4 is 10.6 Å². The van der Waals surface area contributed by atoms with E-state index >= 15 is 0 Å². The Morgan fingerprint density at radius 3 is 2.46 bits per heavy atom. The molecule has 4 nitrogen and oxygen atoms in total. The lowest BCUT2D eigenvalue weighted by atomic mass is 10.1. The van der Waals surface area contributed by atoms with Crippen LogP contribution in [0.4, 0.5) is 0 Å². The normalized spacial score (nSPS) is 12.0. The van der Waals surface area contributed by atoms with Gasteiger partial charge < -0.3 is 10.6 Å². The van der Waals surface area contributed by atoms with Crippen LogP contribution in [0.1, 0.15) is 30.5 Å². The fourth-order valence-corrected chi connectivity index (χ4v) is 2.98. The summed E-state index contributed by atoms with van der Waals surface area (Å²) in [5.74, 6) is 0.827. The average molecular weight is 345 g/mol. The van der Waals surface area contributed by atoms with E-state index in [0.717, 1.165) is 25.6 Å². The van der Waals surface area contributed by atoms with Crippen molar-refractivity contribution in [2.75, 3.05) is 14.1 Å². The minimum absolute atomic E-state index is 0.533. The molecule has 0 aliphatic rings. The van der Waals surface area contributed by atoms with E-state index in [1.807, 2.05) is 0 Å². The maximum Gasteiger partial charge on any atom is 0.191 e. The molecule has 1 aromatic heterocycles. The molecule has 0 spiro atoms. The van der Waals surface area contributed by atoms with E-state index in [1.54, 1.807) is 18.4 Å². The van der Waals surface area contributed by atoms with Crippen LogP contribution >= 0.6 is 11.3 Å². The molecule has 0 aliphatic carbocycles. The number of aliphatic imine (C=N–C) groups is 1. The van der Waals surface area contributed by atoms with Crippen molar-refractivity contribution in [1.82, 2.24) is 15.5 Å². The van der Waals surface area contributed by atoms with Gasteiger partial charge in [0.05, 0.1) is 0 Å². The topological polar surface area (TPSA) is 39.7 Å². The monoisotopic (exact) mass is 344 g/mol. The van der Waals surface area contributed by atoms with Gasteiger partial charge in [-0.3, -0.25) is 9.89 Å². The predicted octanol–water partition coefficient (Wildman–Crippen LogP) is 3.45. The highest BCUT2D eigenvalue weighted by Gasteiger charge is 2.08. The van der Waals surface area contributed by atoms with Crippen LogP contribution in [0.15, 0.2) is 46.1 Å². The smallest absolute Gasteiger partial charge is 0.191 e. The van der Waals surface area contributed by atoms with Gasteiger partial charge in [0, 0.05) is 32.7 Å². The van der Waals surface area contributed by atoms with Crippen LogP contribution in [0.5, 0.6) is 0 Å². The second-order valence-electron chi connectivity index (χ2n) is 6.19. The lowest BCUT2D eigenvalue weighted by Gasteiger charge is -2.23. The second kappa shape index (κ2) is 9.45. The highest BCUT2D eigenvalue weighted by molar-refractivity contribution is 7.07. The molecule has 24 heavy (non-hydrogen) atoms. The van der Waals surface area contributed by atoms with Gasteiger partial charge in [-0.25, -0.2) is 0 Å². The molecule has 0 unspecified atom stereocenters. The fourth-order valence-electron chi connectivity index (χ4n) is 2.31. The van der Waals surface area contributed by atoms with Crippen molar-refractivity contribution in [3.63, 3.8) is 0 Å². The number of hydrogen-bond donors (Lipinski definition) is 2. The quantitative estimate of drug-likeness (QED) is 0.597. The maximum atomic E-state index is 4.31. The number of nitrogens with zero attached hydrogens (tertiary/aromatic N) is 2. The Morgan fingerprint density at radius 1 is 1.12 bits per heavy atom. The van der Waals surface area contributed by atoms with Gasteiger partial charge in [0.15, 0.2) is 5.96 Å². The highest BCUT2D eigenvalue weighted by atomic mass is 32.1. The van der Waals surface area contributed by atoms with Gasteiger partial charge in [0.25, 0.3) is 0 Å². The Balaban J connectivity index is 1.92. The molecule has 0 aliphatic heterocycles. The summed E-state index contributed by atoms with van der Waals surface area (Å²) >= 11 is 1.71. The first-order chi connectivity index (χ1) is 11.6. The Morgan fingerprint density at radius 2 is 1.83 bits per heavy atom. The SMILES string of the molecule is CN=C(NCc1ccsc1)NCc1ccccc1CN(C)C(C)C. The van der Waals surface area contributed by atoms with Crippen LogP contribution in [-0.4, -0.2) is 31.0 Å². The number of hydrogen-bond acceptors (Lipinski definition) is 3. The third kappa shape index (κ3) is 5.65. The number of thiophene rings is 1. The largest absolute Gasteiger partial charge is 0.352 e. The van der Waals surface area contributed by atoms with Gasteiger partial charge in [-0.15, -0.1) is 0 Å². The predicted molar refractivity (Wildman–Crippen MR) is 104 cm³/mol. The van der Waals surface area contributed by atoms with E-state index in [9.17, 15) is 0 Å². The van der Waals surface area contributed by atoms with Crippen LogP contribution in [0, 0.1) is 0 Å². The van der Waals surface area contributed by atoms with Crippen molar-refractivity contribution in [2.45, 2.75) is 39.5 Å². The Kier molecular flexibility index (Phi) is 7.28. The van der Waals surface area contributed by atoms with Gasteiger partial charge in [-0.05, 0) is 54.4 Å². The third-order valence-corrected chi connectivity index (χ3v) is 4.86. The lowest BCUT2D eigenvalue weighted by Crippen LogP contribution is -2.36. The molecular weight excluding hydrogens is 316 g/mol. The molecule has 130 valence electrons. The molecular formula is C19H28N4S. The molecule has 1 heterocycles. The summed E-state index contributed by atoms with van der Waals surface area (Å²) < 4.78 is 0. The van der Waals surface area contributed by atoms with Crippen LogP contribution in [0.25, 0.3) is 0 Å². The zero-order valence-corrected chi connectivity index (χ0v) is 15.9. The van der Waals surface area contributed by atoms with E-state index in [4.69, 9.17) is 0 Å². The van der Waals surface area contributed by atoms with Gasteiger partial charge in [-0.1, -0.05) is 24.3 Å². The molecule has 0 amide bonds. The van der Waals surface area contributed by atoms with E-state index in [0.29, 0.717) is 6.04 Å². The first kappa shape index (κ1) is 18.5. The van der Waals surface area contributed by atoms with Crippen molar-refractivity contribution in [2.24, 2.45) is 4.99 Å². The number of guanidine groups is 1. The highest BCUT2D eigenvalue weighted by Crippen LogP contribution is 2.12. The number of rotatable bonds is 7. The first-order valence-electron chi connectivity index (χ1n) is 8.32. The zero-order valence-electron chi connectivity index (χ0n) is 15.0. The minimum Gasteiger partial charge on any atom is -0.352 e. The molecule has 0 bridgehead atoms. The lowest BCUT2D eigenvalue weighted by molar-refractivity contribution is 0.265. The molecule has 2 rings (SSSR count). The number of nitrogens with one attached hydrogen (secondary N) is 2. The van der Waals surface area contributed by atoms with E-state index in [-0.39, 0.29) is 0 Å². The van der Waals surface area contributed by atoms with E-state index in [1.165, 1.54) is 16.7 Å². The summed E-state index contributed by atoms with van der Waals surface area (Å²) in [6.45, 7) is 6.96. The Bertz CT molecular complexity index is 635. The standard InChI is InChI=1S/C19H28N4S/c1-15(2)23(4)13-18-8-6-5-7-17(18)12-22-19(20-3)21-11-16-9-10-24-14-16/h5-10,14-15H,11-13H2,1-4H3,(H2,20,21,22). The van der Waals surface area contributed by atoms with Crippen molar-refractivity contribution < 1.29 is 0 Å². The summed E-state index contributed by atoms with van der Waals surface area (Å²) in [4.78, 5) is 6.66. The molecule has 1 aromatic carbocycles. The summed E-state index contributed by atoms with van der Waals surface area (Å²) in [5.41, 5.74) is 3.94. The summed E-state index contributed by atoms with van der Waals surface area (Å²) in [6.07, 6.45) is 0. The summed E-state index contributed by atoms with van der Waals surface area (Å²) in [7, 11) is 3.97. The molecule has 2 aromatic rings. The van der Waals surface area contributed by atoms with E-state index < -0.39 is 0 Å². The Labute approximate surface area is 149 Å². The zero-order chi connectivity index (χ0) is 17.4. The molecule has 0 saturated carbocycles. The second-order valence-corrected chi connectivity index (χ2v) is 6.97. The molecule has 5 heteroatoms. The van der Waals surface area contributed by atoms with E-state index in [2.05, 4.69) is 82.5 Å². The van der Waals surface area contributed by atoms with Gasteiger partial charge >= 0.3 is 0 Å². The first-order valence-corrected chi connectivity index (χ1v) is 9.27. The van der Waals surface area contributed by atoms with Crippen molar-refractivity contribution in [3.05, 3.63) is 57.8 Å². The molecule has 0 radical (unpaired) electrons. The molecule has 0 saturated heterocycles. The fraction of sp³-hybridized carbons (Fsp3) is 0.421. The van der Waals surface area contributed by atoms with Crippen molar-refractivity contribution >= 4 is 17.3 Å². The summed E-state index contributed by atoms with van der Waals surface area (Å²) in [6, 6.07) is 11.3. The molecule has 2 N–H and O–H groups in total. The van der Waals surface area contributed by atoms with Gasteiger partial charge in [-0.2, -0.15) is 11.3 Å². The Hall–Kier alpha value is -1.85. The van der Waals surface area contributed by atoms with Crippen molar-refractivity contribution in [3.8, 4) is 0 Å². The summed E-state index contributed by atoms with van der Waals surface area (Å²) in [5, 5.41) is 11.0. The minimum atomic E-state index is 0.533. The average Bonchev–Trinajstić information content (AvgIpc) is 3.09. The van der Waals surface area contributed by atoms with Crippen molar-refractivity contribution in [1.29, 1.82) is 0 Å². The van der Waals surface area contributed by atoms with Crippen LogP contribution in [-0.2, 0) is 19.6 Å². The van der Waals surface area contributed by atoms with Crippen LogP contribution in [0.3, 0.4) is 0 Å². The molecule has 0 fully saturated rings. The maximum absolute atomic E-state index is 4.31. The molecule has 0 atom stereocenters. The van der Waals surface area contributed by atoms with Crippen LogP contribution in [0.2, 0.25) is 0 Å². The third-order valence-electron chi connectivity index (χ3n) is 4.13. The van der Waals surface area contributed by atoms with Gasteiger partial charge in [0.2, 0.25) is 0 Å². The van der Waals surface area contributed by atoms with Gasteiger partial charge in [0.1, 0.15) is 0 Å².